The fourth-order valence-corrected chi connectivity index (χ4v) is 1.71. The van der Waals surface area contributed by atoms with Crippen LogP contribution in [0.5, 0.6) is 0 Å². The Morgan fingerprint density at radius 1 is 1.33 bits per heavy atom. The van der Waals surface area contributed by atoms with Crippen LogP contribution >= 0.6 is 0 Å². The van der Waals surface area contributed by atoms with Gasteiger partial charge in [-0.25, -0.2) is 0 Å². The Balaban J connectivity index is 1.96. The first-order valence-corrected chi connectivity index (χ1v) is 6.51. The van der Waals surface area contributed by atoms with Crippen molar-refractivity contribution in [3.8, 4) is 0 Å². The Morgan fingerprint density at radius 2 is 2.05 bits per heavy atom. The number of benzene rings is 1. The highest BCUT2D eigenvalue weighted by Crippen LogP contribution is 2.08. The molecule has 108 valence electrons. The number of nitrogens with zero attached hydrogens (tertiary/aromatic N) is 1. The van der Waals surface area contributed by atoms with Gasteiger partial charge in [0.05, 0.1) is 0 Å². The predicted octanol–water partition coefficient (Wildman–Crippen LogP) is 1.72. The minimum absolute atomic E-state index is 0.275. The number of anilines is 1. The third-order valence-electron chi connectivity index (χ3n) is 2.89. The molecule has 0 radical (unpaired) electrons. The molecule has 0 aliphatic rings. The number of aromatic amines is 1. The molecule has 2 aromatic rings. The monoisotopic (exact) mass is 284 g/mol. The predicted molar refractivity (Wildman–Crippen MR) is 80.6 cm³/mol. The van der Waals surface area contributed by atoms with Crippen LogP contribution < -0.4 is 11.1 Å². The minimum atomic E-state index is -0.478. The van der Waals surface area contributed by atoms with Crippen molar-refractivity contribution in [3.63, 3.8) is 0 Å². The number of hydrogen-bond acceptors (Lipinski definition) is 3. The summed E-state index contributed by atoms with van der Waals surface area (Å²) in [6, 6.07) is 8.44. The number of rotatable bonds is 5. The van der Waals surface area contributed by atoms with Crippen LogP contribution in [0.3, 0.4) is 0 Å². The average Bonchev–Trinajstić information content (AvgIpc) is 2.93. The van der Waals surface area contributed by atoms with Crippen LogP contribution in [0.2, 0.25) is 0 Å². The molecule has 6 heteroatoms. The number of carbonyl (C=O) groups excluding carboxylic acids is 2. The number of carbonyl (C=O) groups is 2. The van der Waals surface area contributed by atoms with Gasteiger partial charge >= 0.3 is 0 Å². The van der Waals surface area contributed by atoms with E-state index in [0.29, 0.717) is 11.4 Å². The molecule has 0 aliphatic carbocycles. The maximum absolute atomic E-state index is 11.7. The number of aryl methyl sites for hydroxylation is 1. The maximum atomic E-state index is 11.7. The average molecular weight is 284 g/mol. The quantitative estimate of drug-likeness (QED) is 0.729. The van der Waals surface area contributed by atoms with Gasteiger partial charge in [0, 0.05) is 23.4 Å². The second kappa shape index (κ2) is 6.51. The van der Waals surface area contributed by atoms with Gasteiger partial charge in [0.2, 0.25) is 11.8 Å². The zero-order valence-corrected chi connectivity index (χ0v) is 11.6. The molecular formula is C15H16N4O2. The Morgan fingerprint density at radius 3 is 2.62 bits per heavy atom. The normalized spacial score (nSPS) is 10.7. The van der Waals surface area contributed by atoms with E-state index < -0.39 is 5.91 Å². The molecule has 1 heterocycles. The summed E-state index contributed by atoms with van der Waals surface area (Å²) in [6.45, 7) is 1.99. The number of amides is 2. The summed E-state index contributed by atoms with van der Waals surface area (Å²) in [7, 11) is 0. The molecule has 21 heavy (non-hydrogen) atoms. The van der Waals surface area contributed by atoms with Crippen LogP contribution in [0, 0.1) is 0 Å². The largest absolute Gasteiger partial charge is 0.366 e. The van der Waals surface area contributed by atoms with E-state index in [9.17, 15) is 9.59 Å². The van der Waals surface area contributed by atoms with E-state index in [1.54, 1.807) is 36.4 Å². The van der Waals surface area contributed by atoms with Crippen LogP contribution in [0.4, 0.5) is 5.82 Å². The number of primary amides is 1. The number of H-pyrrole nitrogens is 1. The van der Waals surface area contributed by atoms with E-state index in [2.05, 4.69) is 15.5 Å². The third kappa shape index (κ3) is 4.04. The lowest BCUT2D eigenvalue weighted by Gasteiger charge is -1.97. The fraction of sp³-hybridized carbons (Fsp3) is 0.133. The standard InChI is InChI=1S/C15H16N4O2/c1-2-12-9-13(19-18-12)17-14(20)8-5-10-3-6-11(7-4-10)15(16)21/h3-9H,2H2,1H3,(H2,16,21)(H2,17,18,19,20)/b8-5+. The molecule has 0 saturated carbocycles. The highest BCUT2D eigenvalue weighted by molar-refractivity contribution is 6.01. The number of hydrogen-bond donors (Lipinski definition) is 3. The molecule has 0 unspecified atom stereocenters. The van der Waals surface area contributed by atoms with Crippen LogP contribution in [0.25, 0.3) is 6.08 Å². The van der Waals surface area contributed by atoms with Gasteiger partial charge in [-0.3, -0.25) is 14.7 Å². The van der Waals surface area contributed by atoms with Gasteiger partial charge in [-0.05, 0) is 30.2 Å². The highest BCUT2D eigenvalue weighted by Gasteiger charge is 2.02. The van der Waals surface area contributed by atoms with E-state index in [1.165, 1.54) is 6.08 Å². The highest BCUT2D eigenvalue weighted by atomic mass is 16.1. The van der Waals surface area contributed by atoms with Gasteiger partial charge in [-0.15, -0.1) is 0 Å². The second-order valence-corrected chi connectivity index (χ2v) is 4.44. The van der Waals surface area contributed by atoms with Crippen LogP contribution in [0.1, 0.15) is 28.5 Å². The van der Waals surface area contributed by atoms with E-state index in [0.717, 1.165) is 17.7 Å². The summed E-state index contributed by atoms with van der Waals surface area (Å²) in [6.07, 6.45) is 3.87. The SMILES string of the molecule is CCc1cc(NC(=O)/C=C/c2ccc(C(N)=O)cc2)n[nH]1. The first kappa shape index (κ1) is 14.5. The zero-order chi connectivity index (χ0) is 15.2. The molecule has 0 fully saturated rings. The van der Waals surface area contributed by atoms with Crippen molar-refractivity contribution < 1.29 is 9.59 Å². The zero-order valence-electron chi connectivity index (χ0n) is 11.6. The molecule has 2 amide bonds. The van der Waals surface area contributed by atoms with E-state index >= 15 is 0 Å². The topological polar surface area (TPSA) is 101 Å². The molecule has 0 spiro atoms. The van der Waals surface area contributed by atoms with Gasteiger partial charge in [0.1, 0.15) is 0 Å². The summed E-state index contributed by atoms with van der Waals surface area (Å²) in [5.74, 6) is -0.262. The smallest absolute Gasteiger partial charge is 0.249 e. The van der Waals surface area contributed by atoms with Crippen molar-refractivity contribution in [2.45, 2.75) is 13.3 Å². The van der Waals surface area contributed by atoms with E-state index in [4.69, 9.17) is 5.73 Å². The van der Waals surface area contributed by atoms with Crippen molar-refractivity contribution in [3.05, 3.63) is 53.2 Å². The Bertz CT molecular complexity index is 671. The minimum Gasteiger partial charge on any atom is -0.366 e. The number of nitrogens with one attached hydrogen (secondary N) is 2. The Labute approximate surface area is 122 Å². The summed E-state index contributed by atoms with van der Waals surface area (Å²) in [4.78, 5) is 22.7. The molecule has 0 bridgehead atoms. The number of nitrogens with two attached hydrogens (primary N) is 1. The van der Waals surface area contributed by atoms with Crippen molar-refractivity contribution in [2.24, 2.45) is 5.73 Å². The van der Waals surface area contributed by atoms with E-state index in [1.807, 2.05) is 6.92 Å². The molecule has 1 aromatic carbocycles. The lowest BCUT2D eigenvalue weighted by molar-refractivity contribution is -0.111. The van der Waals surface area contributed by atoms with Crippen molar-refractivity contribution in [1.29, 1.82) is 0 Å². The molecule has 2 rings (SSSR count). The molecule has 1 aromatic heterocycles. The lowest BCUT2D eigenvalue weighted by Crippen LogP contribution is -2.10. The van der Waals surface area contributed by atoms with Crippen molar-refractivity contribution in [2.75, 3.05) is 5.32 Å². The Kier molecular flexibility index (Phi) is 4.50. The lowest BCUT2D eigenvalue weighted by atomic mass is 10.1. The molecule has 0 aliphatic heterocycles. The van der Waals surface area contributed by atoms with Gasteiger partial charge in [-0.2, -0.15) is 5.10 Å². The van der Waals surface area contributed by atoms with Crippen molar-refractivity contribution >= 4 is 23.7 Å². The summed E-state index contributed by atoms with van der Waals surface area (Å²) in [5.41, 5.74) is 7.34. The van der Waals surface area contributed by atoms with Gasteiger partial charge in [0.15, 0.2) is 5.82 Å². The van der Waals surface area contributed by atoms with Crippen LogP contribution in [-0.4, -0.2) is 22.0 Å². The first-order valence-electron chi connectivity index (χ1n) is 6.51. The van der Waals surface area contributed by atoms with Crippen LogP contribution in [0.15, 0.2) is 36.4 Å². The fourth-order valence-electron chi connectivity index (χ4n) is 1.71. The molecule has 0 atom stereocenters. The van der Waals surface area contributed by atoms with Gasteiger partial charge in [-0.1, -0.05) is 19.1 Å². The Hall–Kier alpha value is -2.89. The molecular weight excluding hydrogens is 268 g/mol. The molecule has 4 N–H and O–H groups in total. The van der Waals surface area contributed by atoms with Gasteiger partial charge < -0.3 is 11.1 Å². The maximum Gasteiger partial charge on any atom is 0.249 e. The summed E-state index contributed by atoms with van der Waals surface area (Å²) >= 11 is 0. The third-order valence-corrected chi connectivity index (χ3v) is 2.89. The summed E-state index contributed by atoms with van der Waals surface area (Å²) in [5, 5.41) is 9.44. The number of aromatic nitrogens is 2. The second-order valence-electron chi connectivity index (χ2n) is 4.44. The molecule has 6 nitrogen and oxygen atoms in total. The molecule has 0 saturated heterocycles. The van der Waals surface area contributed by atoms with Crippen molar-refractivity contribution in [1.82, 2.24) is 10.2 Å². The van der Waals surface area contributed by atoms with Crippen LogP contribution in [-0.2, 0) is 11.2 Å². The summed E-state index contributed by atoms with van der Waals surface area (Å²) < 4.78 is 0. The first-order chi connectivity index (χ1) is 10.1. The van der Waals surface area contributed by atoms with Gasteiger partial charge in [0.25, 0.3) is 0 Å². The van der Waals surface area contributed by atoms with E-state index in [-0.39, 0.29) is 5.91 Å².